The Morgan fingerprint density at radius 2 is 1.65 bits per heavy atom. The van der Waals surface area contributed by atoms with Gasteiger partial charge < -0.3 is 20.1 Å². The van der Waals surface area contributed by atoms with Crippen LogP contribution in [0.4, 0.5) is 0 Å². The lowest BCUT2D eigenvalue weighted by Gasteiger charge is -2.09. The molecule has 17 heavy (non-hydrogen) atoms. The van der Waals surface area contributed by atoms with E-state index in [0.29, 0.717) is 11.3 Å². The van der Waals surface area contributed by atoms with Crippen molar-refractivity contribution in [2.75, 3.05) is 0 Å². The number of para-hydroxylation sites is 2. The van der Waals surface area contributed by atoms with Crippen LogP contribution in [0.2, 0.25) is 0 Å². The molecule has 0 aromatic heterocycles. The molecule has 4 nitrogen and oxygen atoms in total. The Hall–Kier alpha value is -2.36. The highest BCUT2D eigenvalue weighted by molar-refractivity contribution is 5.40. The minimum absolute atomic E-state index is 0.00573. The summed E-state index contributed by atoms with van der Waals surface area (Å²) in [5, 5.41) is 28.1. The normalized spacial score (nSPS) is 10.1. The number of phenols is 3. The van der Waals surface area contributed by atoms with Crippen LogP contribution in [-0.4, -0.2) is 15.3 Å². The van der Waals surface area contributed by atoms with Crippen molar-refractivity contribution >= 4 is 0 Å². The molecule has 0 amide bonds. The van der Waals surface area contributed by atoms with Gasteiger partial charge in [0, 0.05) is 11.6 Å². The Balaban J connectivity index is 2.10. The number of hydrogen-bond donors (Lipinski definition) is 3. The van der Waals surface area contributed by atoms with Gasteiger partial charge in [0.25, 0.3) is 0 Å². The van der Waals surface area contributed by atoms with Gasteiger partial charge in [0.05, 0.1) is 0 Å². The number of benzene rings is 2. The van der Waals surface area contributed by atoms with Gasteiger partial charge in [0.2, 0.25) is 0 Å². The predicted octanol–water partition coefficient (Wildman–Crippen LogP) is 2.38. The molecule has 88 valence electrons. The fourth-order valence-corrected chi connectivity index (χ4v) is 1.41. The number of ether oxygens (including phenoxy) is 1. The van der Waals surface area contributed by atoms with Crippen LogP contribution in [0.15, 0.2) is 42.5 Å². The van der Waals surface area contributed by atoms with Gasteiger partial charge in [-0.15, -0.1) is 0 Å². The van der Waals surface area contributed by atoms with Crippen LogP contribution in [0.25, 0.3) is 0 Å². The molecule has 0 saturated heterocycles. The first-order chi connectivity index (χ1) is 8.16. The molecule has 2 aromatic rings. The molecular formula is C13H12O4. The van der Waals surface area contributed by atoms with E-state index in [4.69, 9.17) is 9.84 Å². The van der Waals surface area contributed by atoms with Crippen LogP contribution >= 0.6 is 0 Å². The first-order valence-electron chi connectivity index (χ1n) is 5.08. The van der Waals surface area contributed by atoms with Crippen LogP contribution in [0, 0.1) is 0 Å². The van der Waals surface area contributed by atoms with Crippen molar-refractivity contribution in [1.29, 1.82) is 0 Å². The summed E-state index contributed by atoms with van der Waals surface area (Å²) in [6, 6.07) is 10.8. The Morgan fingerprint density at radius 1 is 0.882 bits per heavy atom. The van der Waals surface area contributed by atoms with Crippen LogP contribution in [0.5, 0.6) is 23.0 Å². The maximum atomic E-state index is 9.54. The number of phenolic OH excluding ortho intramolecular Hbond substituents is 3. The van der Waals surface area contributed by atoms with Gasteiger partial charge in [0.15, 0.2) is 11.5 Å². The lowest BCUT2D eigenvalue weighted by molar-refractivity contribution is 0.283. The van der Waals surface area contributed by atoms with Gasteiger partial charge in [-0.25, -0.2) is 0 Å². The zero-order valence-electron chi connectivity index (χ0n) is 9.00. The maximum Gasteiger partial charge on any atom is 0.161 e. The van der Waals surface area contributed by atoms with E-state index in [2.05, 4.69) is 0 Å². The van der Waals surface area contributed by atoms with Crippen molar-refractivity contribution in [2.45, 2.75) is 6.61 Å². The van der Waals surface area contributed by atoms with E-state index in [1.807, 2.05) is 0 Å². The third kappa shape index (κ3) is 2.60. The van der Waals surface area contributed by atoms with E-state index < -0.39 is 0 Å². The average molecular weight is 232 g/mol. The lowest BCUT2D eigenvalue weighted by Crippen LogP contribution is -1.95. The molecule has 0 radical (unpaired) electrons. The molecule has 0 saturated carbocycles. The van der Waals surface area contributed by atoms with Crippen molar-refractivity contribution < 1.29 is 20.1 Å². The SMILES string of the molecule is Oc1ccc(COc2ccccc2O)c(O)c1. The third-order valence-electron chi connectivity index (χ3n) is 2.32. The van der Waals surface area contributed by atoms with E-state index in [0.717, 1.165) is 0 Å². The molecule has 0 heterocycles. The van der Waals surface area contributed by atoms with Gasteiger partial charge in [0.1, 0.15) is 18.1 Å². The smallest absolute Gasteiger partial charge is 0.161 e. The number of aromatic hydroxyl groups is 3. The molecular weight excluding hydrogens is 220 g/mol. The lowest BCUT2D eigenvalue weighted by atomic mass is 10.2. The molecule has 0 fully saturated rings. The second-order valence-corrected chi connectivity index (χ2v) is 3.57. The van der Waals surface area contributed by atoms with Crippen molar-refractivity contribution in [2.24, 2.45) is 0 Å². The summed E-state index contributed by atoms with van der Waals surface area (Å²) in [5.41, 5.74) is 0.533. The summed E-state index contributed by atoms with van der Waals surface area (Å²) in [6.07, 6.45) is 0. The van der Waals surface area contributed by atoms with Gasteiger partial charge in [-0.1, -0.05) is 12.1 Å². The molecule has 2 rings (SSSR count). The van der Waals surface area contributed by atoms with Crippen LogP contribution in [-0.2, 0) is 6.61 Å². The van der Waals surface area contributed by atoms with Gasteiger partial charge >= 0.3 is 0 Å². The zero-order chi connectivity index (χ0) is 12.3. The van der Waals surface area contributed by atoms with Crippen molar-refractivity contribution in [3.05, 3.63) is 48.0 Å². The molecule has 0 spiro atoms. The zero-order valence-corrected chi connectivity index (χ0v) is 9.00. The van der Waals surface area contributed by atoms with E-state index in [9.17, 15) is 10.2 Å². The second kappa shape index (κ2) is 4.65. The van der Waals surface area contributed by atoms with Crippen molar-refractivity contribution in [3.8, 4) is 23.0 Å². The standard InChI is InChI=1S/C13H12O4/c14-10-6-5-9(12(16)7-10)8-17-13-4-2-1-3-11(13)15/h1-7,14-16H,8H2. The van der Waals surface area contributed by atoms with E-state index in [1.165, 1.54) is 18.2 Å². The monoisotopic (exact) mass is 232 g/mol. The van der Waals surface area contributed by atoms with E-state index in [-0.39, 0.29) is 23.9 Å². The quantitative estimate of drug-likeness (QED) is 0.759. The summed E-state index contributed by atoms with van der Waals surface area (Å²) in [6.45, 7) is 0.115. The van der Waals surface area contributed by atoms with Crippen molar-refractivity contribution in [1.82, 2.24) is 0 Å². The molecule has 0 aliphatic rings. The number of hydrogen-bond acceptors (Lipinski definition) is 4. The Morgan fingerprint density at radius 3 is 2.35 bits per heavy atom. The summed E-state index contributed by atoms with van der Waals surface area (Å²) in [5.74, 6) is 0.347. The molecule has 4 heteroatoms. The summed E-state index contributed by atoms with van der Waals surface area (Å²) in [4.78, 5) is 0. The highest BCUT2D eigenvalue weighted by Crippen LogP contribution is 2.28. The third-order valence-corrected chi connectivity index (χ3v) is 2.32. The minimum atomic E-state index is -0.0413. The molecule has 2 aromatic carbocycles. The fourth-order valence-electron chi connectivity index (χ4n) is 1.41. The highest BCUT2D eigenvalue weighted by Gasteiger charge is 2.05. The highest BCUT2D eigenvalue weighted by atomic mass is 16.5. The first kappa shape index (κ1) is 11.1. The maximum absolute atomic E-state index is 9.54. The second-order valence-electron chi connectivity index (χ2n) is 3.57. The fraction of sp³-hybridized carbons (Fsp3) is 0.0769. The summed E-state index contributed by atoms with van der Waals surface area (Å²) < 4.78 is 5.35. The average Bonchev–Trinajstić information content (AvgIpc) is 2.30. The summed E-state index contributed by atoms with van der Waals surface area (Å²) in [7, 11) is 0. The Labute approximate surface area is 98.3 Å². The van der Waals surface area contributed by atoms with E-state index in [1.54, 1.807) is 24.3 Å². The molecule has 0 aliphatic heterocycles. The van der Waals surface area contributed by atoms with Gasteiger partial charge in [-0.2, -0.15) is 0 Å². The van der Waals surface area contributed by atoms with E-state index >= 15 is 0 Å². The van der Waals surface area contributed by atoms with Crippen LogP contribution in [0.3, 0.4) is 0 Å². The topological polar surface area (TPSA) is 69.9 Å². The molecule has 0 bridgehead atoms. The number of rotatable bonds is 3. The molecule has 3 N–H and O–H groups in total. The minimum Gasteiger partial charge on any atom is -0.508 e. The Kier molecular flexibility index (Phi) is 3.05. The molecule has 0 aliphatic carbocycles. The van der Waals surface area contributed by atoms with Crippen molar-refractivity contribution in [3.63, 3.8) is 0 Å². The van der Waals surface area contributed by atoms with Crippen LogP contribution < -0.4 is 4.74 Å². The summed E-state index contributed by atoms with van der Waals surface area (Å²) >= 11 is 0. The first-order valence-corrected chi connectivity index (χ1v) is 5.08. The van der Waals surface area contributed by atoms with Gasteiger partial charge in [-0.3, -0.25) is 0 Å². The molecule has 0 atom stereocenters. The molecule has 0 unspecified atom stereocenters. The van der Waals surface area contributed by atoms with Crippen LogP contribution in [0.1, 0.15) is 5.56 Å². The predicted molar refractivity (Wildman–Crippen MR) is 62.2 cm³/mol. The Bertz CT molecular complexity index is 523. The largest absolute Gasteiger partial charge is 0.508 e. The van der Waals surface area contributed by atoms with Gasteiger partial charge in [-0.05, 0) is 24.3 Å².